The zero-order valence-corrected chi connectivity index (χ0v) is 15.4. The van der Waals surface area contributed by atoms with Gasteiger partial charge in [-0.1, -0.05) is 37.3 Å². The summed E-state index contributed by atoms with van der Waals surface area (Å²) in [6.07, 6.45) is 0.926. The van der Waals surface area contributed by atoms with Crippen molar-refractivity contribution in [2.75, 3.05) is 12.3 Å². The van der Waals surface area contributed by atoms with E-state index in [1.807, 2.05) is 30.3 Å². The van der Waals surface area contributed by atoms with Gasteiger partial charge in [0.05, 0.1) is 0 Å². The third kappa shape index (κ3) is 6.62. The van der Waals surface area contributed by atoms with Crippen molar-refractivity contribution >= 4 is 30.4 Å². The number of nitrogens with zero attached hydrogens (tertiary/aromatic N) is 1. The number of likely N-dealkylation sites (tertiary alicyclic amines) is 1. The van der Waals surface area contributed by atoms with E-state index >= 15 is 0 Å². The van der Waals surface area contributed by atoms with Crippen LogP contribution in [-0.2, 0) is 25.7 Å². The van der Waals surface area contributed by atoms with Crippen LogP contribution in [0.1, 0.15) is 32.3 Å². The van der Waals surface area contributed by atoms with Gasteiger partial charge in [0.2, 0.25) is 11.8 Å². The standard InChI is InChI=1S/C15H17NO3S.C3H7NO/c1-11(10-20)14(16-8-7-13(16)17)15(18)19-9-12-5-3-2-4-6-12;1-2-3(4)5/h2-6,20H,7-10H2,1H3;2H2,1H3,(H2,4,5)/b14-11-;. The number of carbonyl (C=O) groups is 3. The van der Waals surface area contributed by atoms with Gasteiger partial charge in [-0.05, 0) is 18.1 Å². The predicted octanol–water partition coefficient (Wildman–Crippen LogP) is 2.05. The summed E-state index contributed by atoms with van der Waals surface area (Å²) in [5.74, 6) is -0.337. The fourth-order valence-electron chi connectivity index (χ4n) is 1.93. The Morgan fingerprint density at radius 3 is 2.28 bits per heavy atom. The molecule has 1 aromatic rings. The molecule has 0 atom stereocenters. The Hall–Kier alpha value is -2.28. The van der Waals surface area contributed by atoms with Crippen molar-refractivity contribution < 1.29 is 19.1 Å². The minimum absolute atomic E-state index is 0.0437. The molecular formula is C18H24N2O4S. The van der Waals surface area contributed by atoms with Crippen LogP contribution in [0.4, 0.5) is 0 Å². The van der Waals surface area contributed by atoms with Crippen molar-refractivity contribution in [2.45, 2.75) is 33.3 Å². The molecule has 136 valence electrons. The first-order valence-electron chi connectivity index (χ1n) is 8.01. The molecule has 1 aromatic carbocycles. The molecule has 0 unspecified atom stereocenters. The molecule has 2 amide bonds. The highest BCUT2D eigenvalue weighted by Crippen LogP contribution is 2.22. The number of nitrogens with two attached hydrogens (primary N) is 1. The van der Waals surface area contributed by atoms with E-state index in [2.05, 4.69) is 18.4 Å². The van der Waals surface area contributed by atoms with Crippen molar-refractivity contribution in [2.24, 2.45) is 5.73 Å². The van der Waals surface area contributed by atoms with Crippen LogP contribution in [0.3, 0.4) is 0 Å². The molecule has 0 aliphatic carbocycles. The van der Waals surface area contributed by atoms with Crippen molar-refractivity contribution in [3.8, 4) is 0 Å². The third-order valence-electron chi connectivity index (χ3n) is 3.52. The van der Waals surface area contributed by atoms with E-state index in [0.29, 0.717) is 30.8 Å². The van der Waals surface area contributed by atoms with Crippen LogP contribution in [0.5, 0.6) is 0 Å². The average molecular weight is 364 g/mol. The fraction of sp³-hybridized carbons (Fsp3) is 0.389. The summed E-state index contributed by atoms with van der Waals surface area (Å²) in [5.41, 5.74) is 6.66. The monoisotopic (exact) mass is 364 g/mol. The third-order valence-corrected chi connectivity index (χ3v) is 3.99. The van der Waals surface area contributed by atoms with Crippen molar-refractivity contribution in [1.29, 1.82) is 0 Å². The number of β-lactam (4-membered cyclic amide) rings is 1. The Kier molecular flexibility index (Phi) is 8.77. The number of esters is 1. The van der Waals surface area contributed by atoms with E-state index < -0.39 is 5.97 Å². The number of benzene rings is 1. The van der Waals surface area contributed by atoms with E-state index in [9.17, 15) is 14.4 Å². The van der Waals surface area contributed by atoms with E-state index in [1.165, 1.54) is 4.90 Å². The fourth-order valence-corrected chi connectivity index (χ4v) is 2.08. The Morgan fingerprint density at radius 1 is 1.28 bits per heavy atom. The molecule has 1 fully saturated rings. The number of hydrogen-bond acceptors (Lipinski definition) is 5. The van der Waals surface area contributed by atoms with Gasteiger partial charge in [0.15, 0.2) is 0 Å². The van der Waals surface area contributed by atoms with Gasteiger partial charge < -0.3 is 15.4 Å². The van der Waals surface area contributed by atoms with Crippen molar-refractivity contribution in [1.82, 2.24) is 4.90 Å². The van der Waals surface area contributed by atoms with Crippen LogP contribution < -0.4 is 5.73 Å². The van der Waals surface area contributed by atoms with Gasteiger partial charge in [0.25, 0.3) is 0 Å². The first kappa shape index (κ1) is 20.8. The second-order valence-corrected chi connectivity index (χ2v) is 5.78. The molecule has 0 aromatic heterocycles. The summed E-state index contributed by atoms with van der Waals surface area (Å²) in [4.78, 5) is 34.8. The molecule has 1 aliphatic heterocycles. The highest BCUT2D eigenvalue weighted by atomic mass is 32.1. The Bertz CT molecular complexity index is 644. The molecule has 2 N–H and O–H groups in total. The molecule has 6 nitrogen and oxygen atoms in total. The zero-order valence-electron chi connectivity index (χ0n) is 14.5. The van der Waals surface area contributed by atoms with E-state index in [0.717, 1.165) is 11.1 Å². The number of carbonyl (C=O) groups excluding carboxylic acids is 3. The van der Waals surface area contributed by atoms with Gasteiger partial charge in [-0.25, -0.2) is 4.79 Å². The predicted molar refractivity (Wildman–Crippen MR) is 98.6 cm³/mol. The molecular weight excluding hydrogens is 340 g/mol. The number of rotatable bonds is 6. The van der Waals surface area contributed by atoms with Crippen LogP contribution in [0.15, 0.2) is 41.6 Å². The van der Waals surface area contributed by atoms with Gasteiger partial charge in [-0.15, -0.1) is 0 Å². The summed E-state index contributed by atoms with van der Waals surface area (Å²) < 4.78 is 5.29. The lowest BCUT2D eigenvalue weighted by Crippen LogP contribution is -2.45. The number of primary amides is 1. The maximum absolute atomic E-state index is 12.2. The SMILES string of the molecule is C/C(CS)=C(\C(=O)OCc1ccccc1)N1CCC1=O.CCC(N)=O. The van der Waals surface area contributed by atoms with Crippen LogP contribution in [0.2, 0.25) is 0 Å². The van der Waals surface area contributed by atoms with Gasteiger partial charge >= 0.3 is 5.97 Å². The Balaban J connectivity index is 0.000000550. The number of thiol groups is 1. The van der Waals surface area contributed by atoms with E-state index in [-0.39, 0.29) is 18.4 Å². The molecule has 0 spiro atoms. The molecule has 0 radical (unpaired) electrons. The molecule has 0 bridgehead atoms. The Labute approximate surface area is 153 Å². The summed E-state index contributed by atoms with van der Waals surface area (Å²) in [7, 11) is 0. The van der Waals surface area contributed by atoms with Crippen LogP contribution in [0.25, 0.3) is 0 Å². The summed E-state index contributed by atoms with van der Waals surface area (Å²) in [6.45, 7) is 4.28. The summed E-state index contributed by atoms with van der Waals surface area (Å²) in [5, 5.41) is 0. The molecule has 0 saturated carbocycles. The second-order valence-electron chi connectivity index (χ2n) is 5.46. The quantitative estimate of drug-likeness (QED) is 0.350. The molecule has 1 aliphatic rings. The Morgan fingerprint density at radius 2 is 1.88 bits per heavy atom. The second kappa shape index (κ2) is 10.6. The minimum atomic E-state index is -0.464. The first-order chi connectivity index (χ1) is 11.9. The average Bonchev–Trinajstić information content (AvgIpc) is 2.63. The number of ether oxygens (including phenoxy) is 1. The van der Waals surface area contributed by atoms with E-state index in [1.54, 1.807) is 13.8 Å². The summed E-state index contributed by atoms with van der Waals surface area (Å²) >= 11 is 4.17. The van der Waals surface area contributed by atoms with Crippen molar-refractivity contribution in [3.05, 3.63) is 47.2 Å². The molecule has 25 heavy (non-hydrogen) atoms. The van der Waals surface area contributed by atoms with Crippen molar-refractivity contribution in [3.63, 3.8) is 0 Å². The summed E-state index contributed by atoms with van der Waals surface area (Å²) in [6, 6.07) is 9.45. The zero-order chi connectivity index (χ0) is 18.8. The normalized spacial score (nSPS) is 13.9. The van der Waals surface area contributed by atoms with Crippen LogP contribution >= 0.6 is 12.6 Å². The number of amides is 2. The molecule has 1 heterocycles. The maximum Gasteiger partial charge on any atom is 0.355 e. The van der Waals surface area contributed by atoms with Gasteiger partial charge in [0.1, 0.15) is 12.3 Å². The smallest absolute Gasteiger partial charge is 0.355 e. The highest BCUT2D eigenvalue weighted by Gasteiger charge is 2.32. The lowest BCUT2D eigenvalue weighted by Gasteiger charge is -2.32. The largest absolute Gasteiger partial charge is 0.456 e. The van der Waals surface area contributed by atoms with Gasteiger partial charge in [-0.3, -0.25) is 9.59 Å². The minimum Gasteiger partial charge on any atom is -0.456 e. The molecule has 1 saturated heterocycles. The van der Waals surface area contributed by atoms with Crippen LogP contribution in [0, 0.1) is 0 Å². The maximum atomic E-state index is 12.2. The molecule has 2 rings (SSSR count). The lowest BCUT2D eigenvalue weighted by atomic mass is 10.1. The van der Waals surface area contributed by atoms with Gasteiger partial charge in [-0.2, -0.15) is 12.6 Å². The number of hydrogen-bond donors (Lipinski definition) is 2. The van der Waals surface area contributed by atoms with Crippen LogP contribution in [-0.4, -0.2) is 35.0 Å². The lowest BCUT2D eigenvalue weighted by molar-refractivity contribution is -0.149. The molecule has 7 heteroatoms. The first-order valence-corrected chi connectivity index (χ1v) is 8.64. The highest BCUT2D eigenvalue weighted by molar-refractivity contribution is 7.80. The van der Waals surface area contributed by atoms with Gasteiger partial charge in [0, 0.05) is 25.1 Å². The topological polar surface area (TPSA) is 89.7 Å². The van der Waals surface area contributed by atoms with E-state index in [4.69, 9.17) is 4.74 Å².